The smallest absolute Gasteiger partial charge is 0.314 e. The summed E-state index contributed by atoms with van der Waals surface area (Å²) in [5, 5.41) is 0. The Morgan fingerprint density at radius 1 is 1.35 bits per heavy atom. The molecule has 110 valence electrons. The van der Waals surface area contributed by atoms with Crippen LogP contribution in [0.25, 0.3) is 0 Å². The average Bonchev–Trinajstić information content (AvgIpc) is 3.08. The fourth-order valence-electron chi connectivity index (χ4n) is 2.43. The highest BCUT2D eigenvalue weighted by Crippen LogP contribution is 2.46. The second-order valence-corrected chi connectivity index (χ2v) is 6.95. The lowest BCUT2D eigenvalue weighted by Crippen LogP contribution is -2.28. The zero-order valence-corrected chi connectivity index (χ0v) is 13.1. The number of rotatable bonds is 4. The third-order valence-corrected chi connectivity index (χ3v) is 3.93. The van der Waals surface area contributed by atoms with E-state index in [0.29, 0.717) is 6.61 Å². The first-order valence-electron chi connectivity index (χ1n) is 7.27. The van der Waals surface area contributed by atoms with E-state index in [4.69, 9.17) is 4.74 Å². The van der Waals surface area contributed by atoms with Gasteiger partial charge in [0.05, 0.1) is 12.5 Å². The normalized spacial score (nSPS) is 18.4. The van der Waals surface area contributed by atoms with Crippen LogP contribution in [0.4, 0.5) is 0 Å². The molecule has 1 saturated carbocycles. The molecule has 0 aliphatic heterocycles. The van der Waals surface area contributed by atoms with E-state index in [1.165, 1.54) is 0 Å². The third kappa shape index (κ3) is 3.00. The lowest BCUT2D eigenvalue weighted by Gasteiger charge is -2.28. The summed E-state index contributed by atoms with van der Waals surface area (Å²) < 4.78 is 5.20. The van der Waals surface area contributed by atoms with Gasteiger partial charge in [0.15, 0.2) is 0 Å². The van der Waals surface area contributed by atoms with Gasteiger partial charge in [-0.05, 0) is 25.2 Å². The van der Waals surface area contributed by atoms with E-state index >= 15 is 0 Å². The SMILES string of the molecule is CCOC(=O)C(c1cnc(C2(C)CC2)nc1)C(C)(C)C. The zero-order chi connectivity index (χ0) is 15.0. The van der Waals surface area contributed by atoms with E-state index in [1.54, 1.807) is 12.4 Å². The summed E-state index contributed by atoms with van der Waals surface area (Å²) >= 11 is 0. The van der Waals surface area contributed by atoms with Gasteiger partial charge < -0.3 is 4.74 Å². The molecule has 0 saturated heterocycles. The van der Waals surface area contributed by atoms with Crippen LogP contribution >= 0.6 is 0 Å². The third-order valence-electron chi connectivity index (χ3n) is 3.93. The zero-order valence-electron chi connectivity index (χ0n) is 13.1. The number of hydrogen-bond acceptors (Lipinski definition) is 4. The summed E-state index contributed by atoms with van der Waals surface area (Å²) in [5.41, 5.74) is 0.768. The second kappa shape index (κ2) is 5.15. The van der Waals surface area contributed by atoms with Crippen LogP contribution < -0.4 is 0 Å². The van der Waals surface area contributed by atoms with Crippen molar-refractivity contribution in [3.8, 4) is 0 Å². The van der Waals surface area contributed by atoms with Crippen molar-refractivity contribution < 1.29 is 9.53 Å². The van der Waals surface area contributed by atoms with E-state index in [9.17, 15) is 4.79 Å². The Morgan fingerprint density at radius 3 is 2.30 bits per heavy atom. The Morgan fingerprint density at radius 2 is 1.90 bits per heavy atom. The van der Waals surface area contributed by atoms with Crippen molar-refractivity contribution in [2.24, 2.45) is 5.41 Å². The largest absolute Gasteiger partial charge is 0.466 e. The van der Waals surface area contributed by atoms with Crippen LogP contribution in [0.1, 0.15) is 64.8 Å². The molecule has 0 N–H and O–H groups in total. The summed E-state index contributed by atoms with van der Waals surface area (Å²) in [6.07, 6.45) is 5.87. The molecule has 1 aliphatic rings. The molecule has 2 rings (SSSR count). The van der Waals surface area contributed by atoms with Gasteiger partial charge in [0, 0.05) is 23.4 Å². The van der Waals surface area contributed by atoms with Crippen molar-refractivity contribution in [2.75, 3.05) is 6.61 Å². The van der Waals surface area contributed by atoms with Gasteiger partial charge in [-0.3, -0.25) is 4.79 Å². The summed E-state index contributed by atoms with van der Waals surface area (Å²) in [7, 11) is 0. The Balaban J connectivity index is 2.27. The monoisotopic (exact) mass is 276 g/mol. The number of aromatic nitrogens is 2. The van der Waals surface area contributed by atoms with Crippen molar-refractivity contribution >= 4 is 5.97 Å². The van der Waals surface area contributed by atoms with E-state index < -0.39 is 0 Å². The molecule has 1 aliphatic carbocycles. The van der Waals surface area contributed by atoms with Crippen LogP contribution in [0.15, 0.2) is 12.4 Å². The highest BCUT2D eigenvalue weighted by molar-refractivity contribution is 5.78. The topological polar surface area (TPSA) is 52.1 Å². The van der Waals surface area contributed by atoms with Crippen molar-refractivity contribution in [3.63, 3.8) is 0 Å². The van der Waals surface area contributed by atoms with Gasteiger partial charge in [-0.2, -0.15) is 0 Å². The lowest BCUT2D eigenvalue weighted by molar-refractivity contribution is -0.147. The summed E-state index contributed by atoms with van der Waals surface area (Å²) in [6, 6.07) is 0. The van der Waals surface area contributed by atoms with E-state index in [0.717, 1.165) is 24.2 Å². The van der Waals surface area contributed by atoms with Crippen LogP contribution in [0, 0.1) is 5.41 Å². The molecule has 1 heterocycles. The predicted octanol–water partition coefficient (Wildman–Crippen LogP) is 3.22. The second-order valence-electron chi connectivity index (χ2n) is 6.95. The van der Waals surface area contributed by atoms with Crippen LogP contribution in [-0.4, -0.2) is 22.5 Å². The molecule has 0 radical (unpaired) electrons. The molecule has 0 aromatic carbocycles. The Kier molecular flexibility index (Phi) is 3.85. The molecular weight excluding hydrogens is 252 g/mol. The summed E-state index contributed by atoms with van der Waals surface area (Å²) in [5.74, 6) is 0.357. The number of nitrogens with zero attached hydrogens (tertiary/aromatic N) is 2. The highest BCUT2D eigenvalue weighted by atomic mass is 16.5. The number of carbonyl (C=O) groups is 1. The Hall–Kier alpha value is -1.45. The summed E-state index contributed by atoms with van der Waals surface area (Å²) in [4.78, 5) is 21.1. The number of esters is 1. The van der Waals surface area contributed by atoms with Crippen LogP contribution in [0.2, 0.25) is 0 Å². The maximum atomic E-state index is 12.2. The van der Waals surface area contributed by atoms with Gasteiger partial charge in [0.2, 0.25) is 0 Å². The van der Waals surface area contributed by atoms with Gasteiger partial charge in [-0.25, -0.2) is 9.97 Å². The van der Waals surface area contributed by atoms with Crippen LogP contribution in [-0.2, 0) is 14.9 Å². The minimum Gasteiger partial charge on any atom is -0.466 e. The molecule has 1 unspecified atom stereocenters. The number of ether oxygens (including phenoxy) is 1. The first kappa shape index (κ1) is 14.9. The maximum Gasteiger partial charge on any atom is 0.314 e. The average molecular weight is 276 g/mol. The van der Waals surface area contributed by atoms with E-state index in [-0.39, 0.29) is 22.7 Å². The first-order chi connectivity index (χ1) is 9.28. The van der Waals surface area contributed by atoms with Gasteiger partial charge in [0.1, 0.15) is 5.82 Å². The van der Waals surface area contributed by atoms with Gasteiger partial charge in [0.25, 0.3) is 0 Å². The van der Waals surface area contributed by atoms with Crippen LogP contribution in [0.3, 0.4) is 0 Å². The molecule has 4 heteroatoms. The Labute approximate surface area is 121 Å². The standard InChI is InChI=1S/C16H24N2O2/c1-6-20-13(19)12(15(2,3)4)11-9-17-14(18-10-11)16(5)7-8-16/h9-10,12H,6-8H2,1-5H3. The first-order valence-corrected chi connectivity index (χ1v) is 7.27. The Bertz CT molecular complexity index is 484. The maximum absolute atomic E-state index is 12.2. The molecule has 0 bridgehead atoms. The molecule has 0 spiro atoms. The van der Waals surface area contributed by atoms with E-state index in [2.05, 4.69) is 16.9 Å². The van der Waals surface area contributed by atoms with Crippen molar-refractivity contribution in [1.29, 1.82) is 0 Å². The molecule has 1 aromatic rings. The fourth-order valence-corrected chi connectivity index (χ4v) is 2.43. The van der Waals surface area contributed by atoms with Crippen molar-refractivity contribution in [3.05, 3.63) is 23.8 Å². The molecular formula is C16H24N2O2. The fraction of sp³-hybridized carbons (Fsp3) is 0.688. The number of carbonyl (C=O) groups excluding carboxylic acids is 1. The van der Waals surface area contributed by atoms with E-state index in [1.807, 2.05) is 27.7 Å². The molecule has 1 aromatic heterocycles. The minimum atomic E-state index is -0.330. The van der Waals surface area contributed by atoms with Crippen molar-refractivity contribution in [1.82, 2.24) is 9.97 Å². The lowest BCUT2D eigenvalue weighted by atomic mass is 9.77. The molecule has 0 amide bonds. The van der Waals surface area contributed by atoms with Gasteiger partial charge >= 0.3 is 5.97 Å². The molecule has 20 heavy (non-hydrogen) atoms. The predicted molar refractivity (Wildman–Crippen MR) is 77.4 cm³/mol. The minimum absolute atomic E-state index is 0.152. The van der Waals surface area contributed by atoms with Gasteiger partial charge in [-0.1, -0.05) is 27.7 Å². The van der Waals surface area contributed by atoms with Crippen LogP contribution in [0.5, 0.6) is 0 Å². The number of hydrogen-bond donors (Lipinski definition) is 0. The van der Waals surface area contributed by atoms with Gasteiger partial charge in [-0.15, -0.1) is 0 Å². The van der Waals surface area contributed by atoms with Crippen molar-refractivity contribution in [2.45, 2.75) is 58.8 Å². The highest BCUT2D eigenvalue weighted by Gasteiger charge is 2.42. The summed E-state index contributed by atoms with van der Waals surface area (Å²) in [6.45, 7) is 10.5. The molecule has 1 fully saturated rings. The molecule has 4 nitrogen and oxygen atoms in total. The molecule has 1 atom stereocenters. The quantitative estimate of drug-likeness (QED) is 0.792.